The molecule has 15 heavy (non-hydrogen) atoms. The van der Waals surface area contributed by atoms with E-state index in [0.29, 0.717) is 11.6 Å². The monoisotopic (exact) mass is 208 g/mol. The van der Waals surface area contributed by atoms with E-state index in [0.717, 1.165) is 25.7 Å². The highest BCUT2D eigenvalue weighted by atomic mass is 16.5. The van der Waals surface area contributed by atoms with Gasteiger partial charge in [0.1, 0.15) is 11.4 Å². The minimum atomic E-state index is -0.332. The largest absolute Gasteiger partial charge is 0.370 e. The van der Waals surface area contributed by atoms with Crippen molar-refractivity contribution in [3.63, 3.8) is 0 Å². The highest BCUT2D eigenvalue weighted by Gasteiger charge is 2.38. The van der Waals surface area contributed by atoms with Crippen molar-refractivity contribution >= 4 is 5.95 Å². The van der Waals surface area contributed by atoms with E-state index in [1.807, 2.05) is 6.92 Å². The first-order chi connectivity index (χ1) is 7.16. The Morgan fingerprint density at radius 2 is 1.87 bits per heavy atom. The summed E-state index contributed by atoms with van der Waals surface area (Å²) in [4.78, 5) is 12.5. The first kappa shape index (κ1) is 10.3. The second-order valence-corrected chi connectivity index (χ2v) is 3.97. The number of nitrogens with zero attached hydrogens (tertiary/aromatic N) is 3. The van der Waals surface area contributed by atoms with Crippen LogP contribution in [0.5, 0.6) is 0 Å². The molecule has 5 nitrogen and oxygen atoms in total. The maximum atomic E-state index is 5.62. The summed E-state index contributed by atoms with van der Waals surface area (Å²) in [5.74, 6) is 1.62. The number of hydrogen-bond donors (Lipinski definition) is 1. The van der Waals surface area contributed by atoms with Gasteiger partial charge in [-0.25, -0.2) is 4.98 Å². The fourth-order valence-corrected chi connectivity index (χ4v) is 2.17. The van der Waals surface area contributed by atoms with E-state index in [2.05, 4.69) is 15.0 Å². The van der Waals surface area contributed by atoms with Gasteiger partial charge in [-0.2, -0.15) is 9.97 Å². The van der Waals surface area contributed by atoms with Crippen LogP contribution in [-0.4, -0.2) is 22.1 Å². The number of aromatic nitrogens is 3. The third-order valence-corrected chi connectivity index (χ3v) is 2.97. The molecule has 1 fully saturated rings. The van der Waals surface area contributed by atoms with Crippen LogP contribution >= 0.6 is 0 Å². The van der Waals surface area contributed by atoms with Crippen molar-refractivity contribution in [1.29, 1.82) is 0 Å². The molecule has 0 aromatic carbocycles. The van der Waals surface area contributed by atoms with Crippen molar-refractivity contribution in [3.8, 4) is 0 Å². The fourth-order valence-electron chi connectivity index (χ4n) is 2.17. The van der Waals surface area contributed by atoms with Gasteiger partial charge in [-0.3, -0.25) is 0 Å². The lowest BCUT2D eigenvalue weighted by Crippen LogP contribution is -2.28. The SMILES string of the molecule is COC1(c2nc(C)nc(N)n2)CCCC1. The first-order valence-corrected chi connectivity index (χ1v) is 5.20. The number of rotatable bonds is 2. The molecule has 0 saturated heterocycles. The van der Waals surface area contributed by atoms with E-state index < -0.39 is 0 Å². The molecule has 2 N–H and O–H groups in total. The highest BCUT2D eigenvalue weighted by molar-refractivity contribution is 5.19. The van der Waals surface area contributed by atoms with E-state index in [1.54, 1.807) is 7.11 Å². The lowest BCUT2D eigenvalue weighted by Gasteiger charge is -2.25. The molecule has 0 atom stereocenters. The Labute approximate surface area is 89.1 Å². The number of hydrogen-bond acceptors (Lipinski definition) is 5. The van der Waals surface area contributed by atoms with Crippen molar-refractivity contribution in [2.24, 2.45) is 0 Å². The molecule has 0 aliphatic heterocycles. The van der Waals surface area contributed by atoms with Crippen LogP contribution in [0, 0.1) is 6.92 Å². The van der Waals surface area contributed by atoms with Gasteiger partial charge in [0.2, 0.25) is 5.95 Å². The van der Waals surface area contributed by atoms with Gasteiger partial charge < -0.3 is 10.5 Å². The Balaban J connectivity index is 2.42. The Morgan fingerprint density at radius 3 is 2.40 bits per heavy atom. The van der Waals surface area contributed by atoms with Gasteiger partial charge in [-0.05, 0) is 32.6 Å². The maximum absolute atomic E-state index is 5.62. The Hall–Kier alpha value is -1.23. The first-order valence-electron chi connectivity index (χ1n) is 5.20. The van der Waals surface area contributed by atoms with Crippen LogP contribution in [0.2, 0.25) is 0 Å². The van der Waals surface area contributed by atoms with E-state index in [-0.39, 0.29) is 11.5 Å². The summed E-state index contributed by atoms with van der Waals surface area (Å²) in [6.07, 6.45) is 4.23. The summed E-state index contributed by atoms with van der Waals surface area (Å²) in [5, 5.41) is 0. The number of ether oxygens (including phenoxy) is 1. The summed E-state index contributed by atoms with van der Waals surface area (Å²) < 4.78 is 5.59. The number of anilines is 1. The van der Waals surface area contributed by atoms with Crippen molar-refractivity contribution in [3.05, 3.63) is 11.6 Å². The van der Waals surface area contributed by atoms with Crippen LogP contribution in [-0.2, 0) is 10.3 Å². The minimum Gasteiger partial charge on any atom is -0.370 e. The van der Waals surface area contributed by atoms with Crippen LogP contribution in [0.1, 0.15) is 37.3 Å². The van der Waals surface area contributed by atoms with E-state index in [4.69, 9.17) is 10.5 Å². The molecule has 1 aromatic rings. The molecule has 2 rings (SSSR count). The van der Waals surface area contributed by atoms with Crippen LogP contribution in [0.4, 0.5) is 5.95 Å². The summed E-state index contributed by atoms with van der Waals surface area (Å²) in [7, 11) is 1.71. The Morgan fingerprint density at radius 1 is 1.20 bits per heavy atom. The topological polar surface area (TPSA) is 73.9 Å². The van der Waals surface area contributed by atoms with E-state index in [1.165, 1.54) is 0 Å². The minimum absolute atomic E-state index is 0.279. The highest BCUT2D eigenvalue weighted by Crippen LogP contribution is 2.39. The molecule has 0 spiro atoms. The molecule has 0 radical (unpaired) electrons. The lowest BCUT2D eigenvalue weighted by atomic mass is 10.0. The second-order valence-electron chi connectivity index (χ2n) is 3.97. The van der Waals surface area contributed by atoms with E-state index in [9.17, 15) is 0 Å². The number of nitrogens with two attached hydrogens (primary N) is 1. The van der Waals surface area contributed by atoms with Crippen molar-refractivity contribution in [2.75, 3.05) is 12.8 Å². The molecule has 1 saturated carbocycles. The van der Waals surface area contributed by atoms with Crippen LogP contribution < -0.4 is 5.73 Å². The van der Waals surface area contributed by atoms with Crippen molar-refractivity contribution in [1.82, 2.24) is 15.0 Å². The summed E-state index contributed by atoms with van der Waals surface area (Å²) in [6.45, 7) is 1.82. The van der Waals surface area contributed by atoms with Gasteiger partial charge in [0.25, 0.3) is 0 Å². The number of nitrogen functional groups attached to an aromatic ring is 1. The third kappa shape index (κ3) is 1.79. The van der Waals surface area contributed by atoms with Crippen LogP contribution in [0.3, 0.4) is 0 Å². The zero-order valence-corrected chi connectivity index (χ0v) is 9.16. The molecule has 82 valence electrons. The molecule has 5 heteroatoms. The van der Waals surface area contributed by atoms with E-state index >= 15 is 0 Å². The summed E-state index contributed by atoms with van der Waals surface area (Å²) in [6, 6.07) is 0. The Bertz CT molecular complexity index is 340. The average molecular weight is 208 g/mol. The predicted octanol–water partition coefficient (Wildman–Crippen LogP) is 1.18. The standard InChI is InChI=1S/C10H16N4O/c1-7-12-8(14-9(11)13-7)10(15-2)5-3-4-6-10/h3-6H2,1-2H3,(H2,11,12,13,14). The molecule has 1 aliphatic rings. The summed E-state index contributed by atoms with van der Waals surface area (Å²) >= 11 is 0. The van der Waals surface area contributed by atoms with Gasteiger partial charge in [0.15, 0.2) is 5.82 Å². The third-order valence-electron chi connectivity index (χ3n) is 2.97. The zero-order chi connectivity index (χ0) is 10.9. The fraction of sp³-hybridized carbons (Fsp3) is 0.700. The van der Waals surface area contributed by atoms with Crippen molar-refractivity contribution in [2.45, 2.75) is 38.2 Å². The maximum Gasteiger partial charge on any atom is 0.223 e. The quantitative estimate of drug-likeness (QED) is 0.789. The van der Waals surface area contributed by atoms with Crippen molar-refractivity contribution < 1.29 is 4.74 Å². The molecule has 1 aromatic heterocycles. The van der Waals surface area contributed by atoms with Crippen LogP contribution in [0.15, 0.2) is 0 Å². The molecule has 1 aliphatic carbocycles. The molecular weight excluding hydrogens is 192 g/mol. The Kier molecular flexibility index (Phi) is 2.56. The normalized spacial score (nSPS) is 19.3. The molecular formula is C10H16N4O. The lowest BCUT2D eigenvalue weighted by molar-refractivity contribution is -0.0164. The number of aryl methyl sites for hydroxylation is 1. The second kappa shape index (κ2) is 3.73. The van der Waals surface area contributed by atoms with Gasteiger partial charge in [-0.15, -0.1) is 0 Å². The molecule has 0 unspecified atom stereocenters. The van der Waals surface area contributed by atoms with Crippen LogP contribution in [0.25, 0.3) is 0 Å². The molecule has 0 bridgehead atoms. The van der Waals surface area contributed by atoms with Gasteiger partial charge in [0, 0.05) is 7.11 Å². The molecule has 0 amide bonds. The number of methoxy groups -OCH3 is 1. The van der Waals surface area contributed by atoms with Gasteiger partial charge in [-0.1, -0.05) is 0 Å². The summed E-state index contributed by atoms with van der Waals surface area (Å²) in [5.41, 5.74) is 5.29. The van der Waals surface area contributed by atoms with Gasteiger partial charge in [0.05, 0.1) is 0 Å². The zero-order valence-electron chi connectivity index (χ0n) is 9.16. The smallest absolute Gasteiger partial charge is 0.223 e. The molecule has 1 heterocycles. The predicted molar refractivity (Wildman–Crippen MR) is 56.1 cm³/mol. The van der Waals surface area contributed by atoms with Gasteiger partial charge >= 0.3 is 0 Å². The average Bonchev–Trinajstić information content (AvgIpc) is 2.65.